The van der Waals surface area contributed by atoms with E-state index in [2.05, 4.69) is 47.5 Å². The van der Waals surface area contributed by atoms with Crippen molar-refractivity contribution in [3.63, 3.8) is 0 Å². The Morgan fingerprint density at radius 3 is 2.59 bits per heavy atom. The molecule has 4 rings (SSSR count). The Balaban J connectivity index is 1.91. The molecule has 0 saturated carbocycles. The Labute approximate surface area is 131 Å². The largest absolute Gasteiger partial charge is 0.382 e. The van der Waals surface area contributed by atoms with Gasteiger partial charge >= 0.3 is 0 Å². The molecule has 2 aromatic carbocycles. The second kappa shape index (κ2) is 4.96. The zero-order chi connectivity index (χ0) is 15.1. The van der Waals surface area contributed by atoms with Crippen LogP contribution in [0, 0.1) is 6.92 Å². The molecule has 4 nitrogen and oxygen atoms in total. The van der Waals surface area contributed by atoms with Crippen LogP contribution in [-0.4, -0.2) is 15.2 Å². The van der Waals surface area contributed by atoms with E-state index in [0.717, 1.165) is 32.0 Å². The molecule has 0 bridgehead atoms. The number of nitrogens with one attached hydrogen (secondary N) is 1. The molecule has 0 radical (unpaired) electrons. The number of hydrogen-bond donors (Lipinski definition) is 2. The van der Waals surface area contributed by atoms with E-state index in [9.17, 15) is 0 Å². The standard InChI is InChI=1S/C17H14N4S/c1-10-6-8-11(9-7-10)15-14(16(18)21-20-15)17-19-12-4-2-3-5-13(12)22-17/h2-9H,1H3,(H3,18,20,21). The van der Waals surface area contributed by atoms with Gasteiger partial charge in [-0.25, -0.2) is 4.98 Å². The molecule has 5 heteroatoms. The number of rotatable bonds is 2. The topological polar surface area (TPSA) is 67.6 Å². The molecule has 4 aromatic rings. The minimum atomic E-state index is 0.481. The number of aryl methyl sites for hydroxylation is 1. The van der Waals surface area contributed by atoms with Gasteiger partial charge in [-0.3, -0.25) is 5.10 Å². The molecule has 0 amide bonds. The summed E-state index contributed by atoms with van der Waals surface area (Å²) in [6.45, 7) is 2.07. The van der Waals surface area contributed by atoms with Gasteiger partial charge in [0.2, 0.25) is 0 Å². The molecule has 0 fully saturated rings. The first kappa shape index (κ1) is 13.0. The second-order valence-electron chi connectivity index (χ2n) is 5.21. The van der Waals surface area contributed by atoms with Crippen LogP contribution in [0.25, 0.3) is 32.0 Å². The third-order valence-electron chi connectivity index (χ3n) is 3.64. The number of fused-ring (bicyclic) bond motifs is 1. The van der Waals surface area contributed by atoms with Crippen molar-refractivity contribution < 1.29 is 0 Å². The average Bonchev–Trinajstić information content (AvgIpc) is 3.11. The normalized spacial score (nSPS) is 11.1. The molecule has 2 aromatic heterocycles. The van der Waals surface area contributed by atoms with Crippen LogP contribution in [0.3, 0.4) is 0 Å². The van der Waals surface area contributed by atoms with Crippen molar-refractivity contribution in [1.29, 1.82) is 0 Å². The fraction of sp³-hybridized carbons (Fsp3) is 0.0588. The molecular formula is C17H14N4S. The van der Waals surface area contributed by atoms with Gasteiger partial charge in [0.25, 0.3) is 0 Å². The van der Waals surface area contributed by atoms with Gasteiger partial charge in [-0.15, -0.1) is 11.3 Å². The monoisotopic (exact) mass is 306 g/mol. The average molecular weight is 306 g/mol. The molecular weight excluding hydrogens is 292 g/mol. The highest BCUT2D eigenvalue weighted by Gasteiger charge is 2.18. The Kier molecular flexibility index (Phi) is 2.94. The van der Waals surface area contributed by atoms with Gasteiger partial charge in [-0.2, -0.15) is 5.10 Å². The fourth-order valence-electron chi connectivity index (χ4n) is 2.48. The van der Waals surface area contributed by atoms with Crippen molar-refractivity contribution in [2.45, 2.75) is 6.92 Å². The third-order valence-corrected chi connectivity index (χ3v) is 4.70. The van der Waals surface area contributed by atoms with E-state index >= 15 is 0 Å². The van der Waals surface area contributed by atoms with Crippen molar-refractivity contribution in [2.24, 2.45) is 0 Å². The van der Waals surface area contributed by atoms with Crippen LogP contribution in [0.15, 0.2) is 48.5 Å². The molecule has 2 heterocycles. The Hall–Kier alpha value is -2.66. The molecule has 0 spiro atoms. The van der Waals surface area contributed by atoms with Crippen LogP contribution < -0.4 is 5.73 Å². The number of nitrogen functional groups attached to an aromatic ring is 1. The first-order valence-corrected chi connectivity index (χ1v) is 7.81. The van der Waals surface area contributed by atoms with Crippen molar-refractivity contribution in [3.8, 4) is 21.8 Å². The first-order valence-electron chi connectivity index (χ1n) is 6.99. The maximum absolute atomic E-state index is 6.09. The maximum atomic E-state index is 6.09. The number of benzene rings is 2. The van der Waals surface area contributed by atoms with Crippen molar-refractivity contribution >= 4 is 27.4 Å². The van der Waals surface area contributed by atoms with Gasteiger partial charge < -0.3 is 5.73 Å². The summed E-state index contributed by atoms with van der Waals surface area (Å²) in [6.07, 6.45) is 0. The van der Waals surface area contributed by atoms with Gasteiger partial charge in [0.05, 0.1) is 21.5 Å². The van der Waals surface area contributed by atoms with Crippen LogP contribution in [-0.2, 0) is 0 Å². The summed E-state index contributed by atoms with van der Waals surface area (Å²) in [4.78, 5) is 4.70. The van der Waals surface area contributed by atoms with Crippen molar-refractivity contribution in [3.05, 3.63) is 54.1 Å². The summed E-state index contributed by atoms with van der Waals surface area (Å²) in [5.74, 6) is 0.481. The van der Waals surface area contributed by atoms with E-state index in [1.165, 1.54) is 5.56 Å². The Morgan fingerprint density at radius 2 is 1.82 bits per heavy atom. The molecule has 0 aliphatic rings. The van der Waals surface area contributed by atoms with E-state index in [4.69, 9.17) is 10.7 Å². The zero-order valence-corrected chi connectivity index (χ0v) is 12.8. The predicted molar refractivity (Wildman–Crippen MR) is 91.8 cm³/mol. The number of H-pyrrole nitrogens is 1. The van der Waals surface area contributed by atoms with Crippen molar-refractivity contribution in [1.82, 2.24) is 15.2 Å². The number of nitrogens with two attached hydrogens (primary N) is 1. The number of thiazole rings is 1. The summed E-state index contributed by atoms with van der Waals surface area (Å²) in [7, 11) is 0. The molecule has 0 unspecified atom stereocenters. The molecule has 3 N–H and O–H groups in total. The highest BCUT2D eigenvalue weighted by molar-refractivity contribution is 7.21. The van der Waals surface area contributed by atoms with Crippen LogP contribution in [0.1, 0.15) is 5.56 Å². The summed E-state index contributed by atoms with van der Waals surface area (Å²) >= 11 is 1.63. The van der Waals surface area contributed by atoms with Gasteiger partial charge in [0, 0.05) is 5.56 Å². The first-order chi connectivity index (χ1) is 10.7. The van der Waals surface area contributed by atoms with Crippen LogP contribution in [0.5, 0.6) is 0 Å². The molecule has 0 saturated heterocycles. The number of anilines is 1. The van der Waals surface area contributed by atoms with Crippen LogP contribution >= 0.6 is 11.3 Å². The lowest BCUT2D eigenvalue weighted by atomic mass is 10.1. The van der Waals surface area contributed by atoms with Gasteiger partial charge in [0.15, 0.2) is 5.82 Å². The summed E-state index contributed by atoms with van der Waals surface area (Å²) < 4.78 is 1.15. The van der Waals surface area contributed by atoms with E-state index < -0.39 is 0 Å². The van der Waals surface area contributed by atoms with E-state index in [0.29, 0.717) is 5.82 Å². The van der Waals surface area contributed by atoms with E-state index in [-0.39, 0.29) is 0 Å². The van der Waals surface area contributed by atoms with Crippen molar-refractivity contribution in [2.75, 3.05) is 5.73 Å². The number of hydrogen-bond acceptors (Lipinski definition) is 4. The summed E-state index contributed by atoms with van der Waals surface area (Å²) in [5, 5.41) is 8.12. The zero-order valence-electron chi connectivity index (χ0n) is 12.0. The minimum Gasteiger partial charge on any atom is -0.382 e. The number of nitrogens with zero attached hydrogens (tertiary/aromatic N) is 2. The lowest BCUT2D eigenvalue weighted by Crippen LogP contribution is -1.88. The van der Waals surface area contributed by atoms with Crippen LogP contribution in [0.4, 0.5) is 5.82 Å². The molecule has 0 atom stereocenters. The van der Waals surface area contributed by atoms with E-state index in [1.54, 1.807) is 11.3 Å². The summed E-state index contributed by atoms with van der Waals surface area (Å²) in [6, 6.07) is 16.4. The van der Waals surface area contributed by atoms with Gasteiger partial charge in [-0.1, -0.05) is 42.0 Å². The molecule has 0 aliphatic heterocycles. The lowest BCUT2D eigenvalue weighted by Gasteiger charge is -2.02. The fourth-order valence-corrected chi connectivity index (χ4v) is 3.51. The summed E-state index contributed by atoms with van der Waals surface area (Å²) in [5.41, 5.74) is 11.1. The number of aromatic amines is 1. The second-order valence-corrected chi connectivity index (χ2v) is 6.24. The van der Waals surface area contributed by atoms with Crippen LogP contribution in [0.2, 0.25) is 0 Å². The quantitative estimate of drug-likeness (QED) is 0.582. The minimum absolute atomic E-state index is 0.481. The molecule has 0 aliphatic carbocycles. The molecule has 108 valence electrons. The lowest BCUT2D eigenvalue weighted by molar-refractivity contribution is 1.10. The highest BCUT2D eigenvalue weighted by atomic mass is 32.1. The number of aromatic nitrogens is 3. The SMILES string of the molecule is Cc1ccc(-c2[nH]nc(N)c2-c2nc3ccccc3s2)cc1. The van der Waals surface area contributed by atoms with Gasteiger partial charge in [-0.05, 0) is 19.1 Å². The molecule has 22 heavy (non-hydrogen) atoms. The Bertz CT molecular complexity index is 917. The predicted octanol–water partition coefficient (Wildman–Crippen LogP) is 4.24. The third kappa shape index (κ3) is 2.07. The smallest absolute Gasteiger partial charge is 0.156 e. The highest BCUT2D eigenvalue weighted by Crippen LogP contribution is 2.38. The number of para-hydroxylation sites is 1. The maximum Gasteiger partial charge on any atom is 0.156 e. The van der Waals surface area contributed by atoms with E-state index in [1.807, 2.05) is 18.2 Å². The van der Waals surface area contributed by atoms with Gasteiger partial charge in [0.1, 0.15) is 5.01 Å². The Morgan fingerprint density at radius 1 is 1.05 bits per heavy atom.